The molecule has 1 aliphatic rings. The van der Waals surface area contributed by atoms with Crippen molar-refractivity contribution < 1.29 is 4.79 Å². The first-order valence-corrected chi connectivity index (χ1v) is 4.02. The molecule has 1 atom stereocenters. The Labute approximate surface area is 75.1 Å². The van der Waals surface area contributed by atoms with Crippen molar-refractivity contribution >= 4 is 5.91 Å². The summed E-state index contributed by atoms with van der Waals surface area (Å²) in [6.07, 6.45) is 0. The van der Waals surface area contributed by atoms with Crippen molar-refractivity contribution in [2.45, 2.75) is 5.92 Å². The first kappa shape index (κ1) is 7.91. The minimum atomic E-state index is -0.207. The van der Waals surface area contributed by atoms with Crippen LogP contribution < -0.4 is 0 Å². The van der Waals surface area contributed by atoms with E-state index in [2.05, 4.69) is 5.29 Å². The molecule has 1 aromatic rings. The van der Waals surface area contributed by atoms with Crippen LogP contribution in [0.5, 0.6) is 0 Å². The second-order valence-corrected chi connectivity index (χ2v) is 2.97. The largest absolute Gasteiger partial charge is 0.272 e. The van der Waals surface area contributed by atoms with Crippen molar-refractivity contribution in [3.63, 3.8) is 0 Å². The van der Waals surface area contributed by atoms with Gasteiger partial charge in [-0.25, -0.2) is 0 Å². The van der Waals surface area contributed by atoms with Gasteiger partial charge in [0.2, 0.25) is 0 Å². The van der Waals surface area contributed by atoms with Gasteiger partial charge in [-0.05, 0) is 5.56 Å². The van der Waals surface area contributed by atoms with Gasteiger partial charge in [0.15, 0.2) is 0 Å². The summed E-state index contributed by atoms with van der Waals surface area (Å²) in [7, 11) is 0. The number of β-lactam (4-membered cyclic amide) rings is 1. The molecule has 0 aromatic heterocycles. The second kappa shape index (κ2) is 2.97. The number of carbonyl (C=O) groups excluding carboxylic acids is 1. The molecule has 0 radical (unpaired) electrons. The number of amides is 1. The zero-order valence-electron chi connectivity index (χ0n) is 6.88. The van der Waals surface area contributed by atoms with Gasteiger partial charge >= 0.3 is 0 Å². The molecule has 1 amide bonds. The van der Waals surface area contributed by atoms with Crippen molar-refractivity contribution in [3.05, 3.63) is 40.8 Å². The van der Waals surface area contributed by atoms with E-state index in [1.54, 1.807) is 0 Å². The summed E-state index contributed by atoms with van der Waals surface area (Å²) >= 11 is 0. The third kappa shape index (κ3) is 1.20. The predicted octanol–water partition coefficient (Wildman–Crippen LogP) is 1.29. The molecule has 1 heterocycles. The van der Waals surface area contributed by atoms with Gasteiger partial charge in [0.05, 0.1) is 17.7 Å². The Balaban J connectivity index is 2.15. The Morgan fingerprint density at radius 1 is 1.31 bits per heavy atom. The fourth-order valence-electron chi connectivity index (χ4n) is 1.42. The lowest BCUT2D eigenvalue weighted by atomic mass is 9.92. The van der Waals surface area contributed by atoms with Crippen LogP contribution in [0.1, 0.15) is 11.5 Å². The molecule has 1 aliphatic heterocycles. The van der Waals surface area contributed by atoms with Crippen molar-refractivity contribution in [1.82, 2.24) is 5.01 Å². The molecule has 13 heavy (non-hydrogen) atoms. The van der Waals surface area contributed by atoms with Crippen LogP contribution in [0.15, 0.2) is 35.6 Å². The Morgan fingerprint density at radius 2 is 2.00 bits per heavy atom. The third-order valence-electron chi connectivity index (χ3n) is 2.21. The average Bonchev–Trinajstić information content (AvgIpc) is 2.18. The summed E-state index contributed by atoms with van der Waals surface area (Å²) in [4.78, 5) is 21.3. The lowest BCUT2D eigenvalue weighted by Gasteiger charge is -2.31. The van der Waals surface area contributed by atoms with E-state index < -0.39 is 0 Å². The predicted molar refractivity (Wildman–Crippen MR) is 46.7 cm³/mol. The number of benzene rings is 1. The molecule has 0 bridgehead atoms. The van der Waals surface area contributed by atoms with Gasteiger partial charge in [-0.2, -0.15) is 5.01 Å². The normalized spacial score (nSPS) is 21.1. The van der Waals surface area contributed by atoms with E-state index in [-0.39, 0.29) is 11.8 Å². The lowest BCUT2D eigenvalue weighted by molar-refractivity contribution is -0.142. The van der Waals surface area contributed by atoms with Gasteiger partial charge in [0, 0.05) is 0 Å². The van der Waals surface area contributed by atoms with Gasteiger partial charge < -0.3 is 0 Å². The molecule has 4 heteroatoms. The smallest absolute Gasteiger partial charge is 0.254 e. The maximum atomic E-state index is 11.2. The van der Waals surface area contributed by atoms with Crippen LogP contribution in [0.2, 0.25) is 0 Å². The molecule has 1 saturated heterocycles. The van der Waals surface area contributed by atoms with Crippen molar-refractivity contribution in [2.24, 2.45) is 5.29 Å². The third-order valence-corrected chi connectivity index (χ3v) is 2.21. The number of nitroso groups, excluding NO2 is 1. The molecule has 0 N–H and O–H groups in total. The highest BCUT2D eigenvalue weighted by molar-refractivity contribution is 5.89. The number of nitrogens with zero attached hydrogens (tertiary/aromatic N) is 2. The SMILES string of the molecule is O=NN1CC(c2ccccc2)C1=O. The molecule has 0 saturated carbocycles. The topological polar surface area (TPSA) is 49.7 Å². The highest BCUT2D eigenvalue weighted by Gasteiger charge is 2.38. The summed E-state index contributed by atoms with van der Waals surface area (Å²) in [6, 6.07) is 9.40. The van der Waals surface area contributed by atoms with Crippen LogP contribution >= 0.6 is 0 Å². The zero-order chi connectivity index (χ0) is 9.26. The van der Waals surface area contributed by atoms with E-state index >= 15 is 0 Å². The van der Waals surface area contributed by atoms with Gasteiger partial charge in [-0.15, -0.1) is 4.91 Å². The van der Waals surface area contributed by atoms with Gasteiger partial charge in [-0.3, -0.25) is 4.79 Å². The number of hydrogen-bond acceptors (Lipinski definition) is 3. The maximum absolute atomic E-state index is 11.2. The maximum Gasteiger partial charge on any atom is 0.254 e. The average molecular weight is 176 g/mol. The van der Waals surface area contributed by atoms with E-state index in [9.17, 15) is 9.70 Å². The van der Waals surface area contributed by atoms with Crippen molar-refractivity contribution in [3.8, 4) is 0 Å². The van der Waals surface area contributed by atoms with Crippen LogP contribution in [0.3, 0.4) is 0 Å². The Kier molecular flexibility index (Phi) is 1.81. The van der Waals surface area contributed by atoms with Crippen molar-refractivity contribution in [1.29, 1.82) is 0 Å². The monoisotopic (exact) mass is 176 g/mol. The number of carbonyl (C=O) groups is 1. The minimum absolute atomic E-state index is 0.168. The summed E-state index contributed by atoms with van der Waals surface area (Å²) in [5.74, 6) is -0.375. The number of rotatable bonds is 2. The Bertz CT molecular complexity index is 337. The molecule has 4 nitrogen and oxygen atoms in total. The fraction of sp³-hybridized carbons (Fsp3) is 0.222. The standard InChI is InChI=1S/C9H8N2O2/c12-9-8(6-11(9)10-13)7-4-2-1-3-5-7/h1-5,8H,6H2. The van der Waals surface area contributed by atoms with Gasteiger partial charge in [-0.1, -0.05) is 30.3 Å². The first-order valence-electron chi connectivity index (χ1n) is 4.02. The quantitative estimate of drug-likeness (QED) is 0.503. The zero-order valence-corrected chi connectivity index (χ0v) is 6.88. The van der Waals surface area contributed by atoms with E-state index in [0.29, 0.717) is 6.54 Å². The molecular formula is C9H8N2O2. The summed E-state index contributed by atoms with van der Waals surface area (Å²) < 4.78 is 0. The molecule has 1 unspecified atom stereocenters. The van der Waals surface area contributed by atoms with Crippen LogP contribution in [-0.2, 0) is 4.79 Å². The molecular weight excluding hydrogens is 168 g/mol. The number of hydrogen-bond donors (Lipinski definition) is 0. The fourth-order valence-corrected chi connectivity index (χ4v) is 1.42. The molecule has 2 rings (SSSR count). The Morgan fingerprint density at radius 3 is 2.54 bits per heavy atom. The first-order chi connectivity index (χ1) is 6.33. The van der Waals surface area contributed by atoms with Crippen LogP contribution in [0.4, 0.5) is 0 Å². The van der Waals surface area contributed by atoms with Gasteiger partial charge in [0.1, 0.15) is 0 Å². The summed E-state index contributed by atoms with van der Waals surface area (Å²) in [6.45, 7) is 0.409. The second-order valence-electron chi connectivity index (χ2n) is 2.97. The van der Waals surface area contributed by atoms with Crippen LogP contribution in [-0.4, -0.2) is 17.5 Å². The molecule has 1 fully saturated rings. The Hall–Kier alpha value is -1.71. The van der Waals surface area contributed by atoms with Crippen LogP contribution in [0, 0.1) is 4.91 Å². The summed E-state index contributed by atoms with van der Waals surface area (Å²) in [5, 5.41) is 3.53. The van der Waals surface area contributed by atoms with E-state index in [1.165, 1.54) is 0 Å². The molecule has 66 valence electrons. The lowest BCUT2D eigenvalue weighted by Crippen LogP contribution is -2.46. The highest BCUT2D eigenvalue weighted by atomic mass is 16.3. The van der Waals surface area contributed by atoms with Crippen LogP contribution in [0.25, 0.3) is 0 Å². The molecule has 0 aliphatic carbocycles. The molecule has 0 spiro atoms. The minimum Gasteiger partial charge on any atom is -0.272 e. The van der Waals surface area contributed by atoms with E-state index in [0.717, 1.165) is 10.6 Å². The molecule has 1 aromatic carbocycles. The van der Waals surface area contributed by atoms with E-state index in [4.69, 9.17) is 0 Å². The van der Waals surface area contributed by atoms with Gasteiger partial charge in [0.25, 0.3) is 5.91 Å². The summed E-state index contributed by atoms with van der Waals surface area (Å²) in [5.41, 5.74) is 0.951. The van der Waals surface area contributed by atoms with Crippen molar-refractivity contribution in [2.75, 3.05) is 6.54 Å². The highest BCUT2D eigenvalue weighted by Crippen LogP contribution is 2.28. The van der Waals surface area contributed by atoms with E-state index in [1.807, 2.05) is 30.3 Å².